The molecule has 5 nitrogen and oxygen atoms in total. The number of rotatable bonds is 9. The molecule has 0 saturated heterocycles. The van der Waals surface area contributed by atoms with Crippen molar-refractivity contribution in [3.05, 3.63) is 17.1 Å². The van der Waals surface area contributed by atoms with Crippen molar-refractivity contribution in [2.24, 2.45) is 5.92 Å². The molecule has 1 unspecified atom stereocenters. The number of furan rings is 1. The molecule has 0 bridgehead atoms. The van der Waals surface area contributed by atoms with Gasteiger partial charge in [0.2, 0.25) is 10.0 Å². The first kappa shape index (κ1) is 18.5. The molecule has 1 heterocycles. The molecule has 0 amide bonds. The fourth-order valence-electron chi connectivity index (χ4n) is 2.18. The summed E-state index contributed by atoms with van der Waals surface area (Å²) in [5, 5.41) is 3.16. The second-order valence-electron chi connectivity index (χ2n) is 5.21. The van der Waals surface area contributed by atoms with Crippen LogP contribution in [-0.4, -0.2) is 33.5 Å². The summed E-state index contributed by atoms with van der Waals surface area (Å²) in [7, 11) is -3.54. The summed E-state index contributed by atoms with van der Waals surface area (Å²) in [5.41, 5.74) is 0.722. The molecule has 1 aromatic heterocycles. The zero-order valence-corrected chi connectivity index (χ0v) is 15.1. The first-order chi connectivity index (χ1) is 9.83. The Labute approximate surface area is 132 Å². The second-order valence-corrected chi connectivity index (χ2v) is 7.83. The highest BCUT2D eigenvalue weighted by atomic mass is 32.2. The van der Waals surface area contributed by atoms with Crippen LogP contribution in [0.3, 0.4) is 0 Å². The van der Waals surface area contributed by atoms with Crippen molar-refractivity contribution in [3.8, 4) is 0 Å². The Morgan fingerprint density at radius 3 is 2.52 bits per heavy atom. The van der Waals surface area contributed by atoms with Crippen LogP contribution in [-0.2, 0) is 16.6 Å². The SMILES string of the molecule is CCNCc1c(C)oc(C)c1S(=O)(=O)NCC(C)CSC. The van der Waals surface area contributed by atoms with E-state index in [0.717, 1.165) is 17.9 Å². The van der Waals surface area contributed by atoms with E-state index in [2.05, 4.69) is 10.0 Å². The van der Waals surface area contributed by atoms with Crippen molar-refractivity contribution in [2.75, 3.05) is 25.1 Å². The Kier molecular flexibility index (Phi) is 7.26. The molecule has 0 saturated carbocycles. The summed E-state index contributed by atoms with van der Waals surface area (Å²) in [6.45, 7) is 9.23. The monoisotopic (exact) mass is 334 g/mol. The fraction of sp³-hybridized carbons (Fsp3) is 0.714. The van der Waals surface area contributed by atoms with Gasteiger partial charge in [-0.25, -0.2) is 13.1 Å². The van der Waals surface area contributed by atoms with Crippen LogP contribution in [0.2, 0.25) is 0 Å². The minimum Gasteiger partial charge on any atom is -0.465 e. The summed E-state index contributed by atoms with van der Waals surface area (Å²) in [6.07, 6.45) is 2.02. The molecule has 0 aliphatic rings. The number of nitrogens with one attached hydrogen (secondary N) is 2. The molecule has 21 heavy (non-hydrogen) atoms. The van der Waals surface area contributed by atoms with Crippen molar-refractivity contribution in [2.45, 2.75) is 39.1 Å². The van der Waals surface area contributed by atoms with Crippen LogP contribution in [0.25, 0.3) is 0 Å². The molecular formula is C14H26N2O3S2. The van der Waals surface area contributed by atoms with Crippen molar-refractivity contribution in [1.29, 1.82) is 0 Å². The number of aryl methyl sites for hydroxylation is 2. The average Bonchev–Trinajstić information content (AvgIpc) is 2.69. The third-order valence-electron chi connectivity index (χ3n) is 3.22. The van der Waals surface area contributed by atoms with Crippen LogP contribution in [0, 0.1) is 19.8 Å². The third-order valence-corrected chi connectivity index (χ3v) is 5.74. The largest absolute Gasteiger partial charge is 0.465 e. The maximum Gasteiger partial charge on any atom is 0.244 e. The van der Waals surface area contributed by atoms with Gasteiger partial charge in [-0.2, -0.15) is 11.8 Å². The number of sulfonamides is 1. The van der Waals surface area contributed by atoms with Crippen LogP contribution in [0.1, 0.15) is 30.9 Å². The van der Waals surface area contributed by atoms with Crippen LogP contribution in [0.15, 0.2) is 9.31 Å². The van der Waals surface area contributed by atoms with Gasteiger partial charge in [-0.3, -0.25) is 0 Å². The lowest BCUT2D eigenvalue weighted by atomic mass is 10.2. The first-order valence-corrected chi connectivity index (χ1v) is 9.99. The van der Waals surface area contributed by atoms with Gasteiger partial charge in [0.15, 0.2) is 0 Å². The van der Waals surface area contributed by atoms with Crippen LogP contribution >= 0.6 is 11.8 Å². The molecule has 0 aromatic carbocycles. The van der Waals surface area contributed by atoms with Gasteiger partial charge in [0.1, 0.15) is 16.4 Å². The summed E-state index contributed by atoms with van der Waals surface area (Å²) in [4.78, 5) is 0.289. The van der Waals surface area contributed by atoms with E-state index in [1.54, 1.807) is 25.6 Å². The minimum absolute atomic E-state index is 0.289. The van der Waals surface area contributed by atoms with E-state index in [0.29, 0.717) is 30.5 Å². The Bertz CT molecular complexity index is 553. The Hall–Kier alpha value is -0.500. The highest BCUT2D eigenvalue weighted by Gasteiger charge is 2.26. The molecule has 122 valence electrons. The lowest BCUT2D eigenvalue weighted by Crippen LogP contribution is -2.30. The van der Waals surface area contributed by atoms with Crippen molar-refractivity contribution in [3.63, 3.8) is 0 Å². The molecule has 2 N–H and O–H groups in total. The van der Waals surface area contributed by atoms with E-state index >= 15 is 0 Å². The molecule has 1 aromatic rings. The Morgan fingerprint density at radius 1 is 1.29 bits per heavy atom. The number of hydrogen-bond donors (Lipinski definition) is 2. The predicted molar refractivity (Wildman–Crippen MR) is 88.3 cm³/mol. The quantitative estimate of drug-likeness (QED) is 0.725. The summed E-state index contributed by atoms with van der Waals surface area (Å²) in [6, 6.07) is 0. The van der Waals surface area contributed by atoms with Gasteiger partial charge in [-0.1, -0.05) is 13.8 Å². The maximum absolute atomic E-state index is 12.6. The molecule has 0 fully saturated rings. The summed E-state index contributed by atoms with van der Waals surface area (Å²) < 4.78 is 33.3. The Balaban J connectivity index is 2.96. The molecular weight excluding hydrogens is 308 g/mol. The molecule has 1 rings (SSSR count). The van der Waals surface area contributed by atoms with E-state index in [-0.39, 0.29) is 4.90 Å². The lowest BCUT2D eigenvalue weighted by molar-refractivity contribution is 0.492. The first-order valence-electron chi connectivity index (χ1n) is 7.11. The van der Waals surface area contributed by atoms with E-state index in [9.17, 15) is 8.42 Å². The highest BCUT2D eigenvalue weighted by molar-refractivity contribution is 7.98. The second kappa shape index (κ2) is 8.22. The van der Waals surface area contributed by atoms with Crippen LogP contribution < -0.4 is 10.0 Å². The topological polar surface area (TPSA) is 71.3 Å². The molecule has 0 aliphatic heterocycles. The van der Waals surface area contributed by atoms with Gasteiger partial charge >= 0.3 is 0 Å². The van der Waals surface area contributed by atoms with Crippen molar-refractivity contribution in [1.82, 2.24) is 10.0 Å². The number of thioether (sulfide) groups is 1. The number of hydrogen-bond acceptors (Lipinski definition) is 5. The van der Waals surface area contributed by atoms with Gasteiger partial charge in [-0.15, -0.1) is 0 Å². The summed E-state index contributed by atoms with van der Waals surface area (Å²) >= 11 is 1.71. The predicted octanol–water partition coefficient (Wildman–Crippen LogP) is 2.28. The molecule has 0 spiro atoms. The molecule has 7 heteroatoms. The van der Waals surface area contributed by atoms with E-state index in [1.807, 2.05) is 20.1 Å². The van der Waals surface area contributed by atoms with E-state index < -0.39 is 10.0 Å². The minimum atomic E-state index is -3.54. The van der Waals surface area contributed by atoms with E-state index in [1.165, 1.54) is 0 Å². The van der Waals surface area contributed by atoms with Gasteiger partial charge in [0.25, 0.3) is 0 Å². The Morgan fingerprint density at radius 2 is 1.95 bits per heavy atom. The van der Waals surface area contributed by atoms with Gasteiger partial charge in [0, 0.05) is 18.7 Å². The zero-order chi connectivity index (χ0) is 16.0. The van der Waals surface area contributed by atoms with E-state index in [4.69, 9.17) is 4.42 Å². The average molecular weight is 335 g/mol. The van der Waals surface area contributed by atoms with Crippen molar-refractivity contribution < 1.29 is 12.8 Å². The maximum atomic E-state index is 12.6. The zero-order valence-electron chi connectivity index (χ0n) is 13.4. The lowest BCUT2D eigenvalue weighted by Gasteiger charge is -2.12. The van der Waals surface area contributed by atoms with Gasteiger partial charge in [-0.05, 0) is 38.3 Å². The summed E-state index contributed by atoms with van der Waals surface area (Å²) in [5.74, 6) is 2.33. The van der Waals surface area contributed by atoms with Crippen molar-refractivity contribution >= 4 is 21.8 Å². The third kappa shape index (κ3) is 5.02. The highest BCUT2D eigenvalue weighted by Crippen LogP contribution is 2.26. The molecule has 0 radical (unpaired) electrons. The van der Waals surface area contributed by atoms with Gasteiger partial charge < -0.3 is 9.73 Å². The standard InChI is InChI=1S/C14H26N2O3S2/c1-6-15-8-13-11(3)19-12(4)14(13)21(17,18)16-7-10(2)9-20-5/h10,15-16H,6-9H2,1-5H3. The van der Waals surface area contributed by atoms with Crippen LogP contribution in [0.4, 0.5) is 0 Å². The normalized spacial score (nSPS) is 13.6. The molecule has 1 atom stereocenters. The van der Waals surface area contributed by atoms with Crippen LogP contribution in [0.5, 0.6) is 0 Å². The van der Waals surface area contributed by atoms with Gasteiger partial charge in [0.05, 0.1) is 0 Å². The fourth-order valence-corrected chi connectivity index (χ4v) is 4.48. The smallest absolute Gasteiger partial charge is 0.244 e. The molecule has 0 aliphatic carbocycles.